The van der Waals surface area contributed by atoms with Gasteiger partial charge in [-0.15, -0.1) is 0 Å². The van der Waals surface area contributed by atoms with Crippen LogP contribution in [0.2, 0.25) is 0 Å². The van der Waals surface area contributed by atoms with Crippen LogP contribution in [0.15, 0.2) is 48.7 Å². The minimum atomic E-state index is -0.691. The average molecular weight is 341 g/mol. The number of carbonyl (C=O) groups excluding carboxylic acids is 2. The number of anilines is 1. The number of methoxy groups -OCH3 is 1. The zero-order valence-corrected chi connectivity index (χ0v) is 13.8. The van der Waals surface area contributed by atoms with Gasteiger partial charge in [-0.2, -0.15) is 0 Å². The first-order valence-electron chi connectivity index (χ1n) is 7.89. The summed E-state index contributed by atoms with van der Waals surface area (Å²) in [5, 5.41) is 2.77. The summed E-state index contributed by atoms with van der Waals surface area (Å²) in [7, 11) is 1.52. The van der Waals surface area contributed by atoms with Crippen LogP contribution in [-0.2, 0) is 20.9 Å². The molecule has 2 heterocycles. The molecule has 1 fully saturated rings. The summed E-state index contributed by atoms with van der Waals surface area (Å²) in [4.78, 5) is 30.5. The van der Waals surface area contributed by atoms with Crippen LogP contribution in [0.25, 0.3) is 0 Å². The van der Waals surface area contributed by atoms with Crippen molar-refractivity contribution in [1.82, 2.24) is 9.88 Å². The fraction of sp³-hybridized carbons (Fsp3) is 0.278. The van der Waals surface area contributed by atoms with Gasteiger partial charge in [-0.3, -0.25) is 9.59 Å². The van der Waals surface area contributed by atoms with E-state index < -0.39 is 6.04 Å². The number of nitrogens with one attached hydrogen (secondary N) is 1. The second-order valence-corrected chi connectivity index (χ2v) is 5.62. The molecule has 2 amide bonds. The lowest BCUT2D eigenvalue weighted by molar-refractivity contribution is -0.154. The van der Waals surface area contributed by atoms with Gasteiger partial charge in [-0.25, -0.2) is 4.98 Å². The molecule has 1 aliphatic rings. The molecule has 2 aromatic rings. The van der Waals surface area contributed by atoms with Crippen LogP contribution < -0.4 is 10.1 Å². The normalized spacial score (nSPS) is 17.2. The standard InChI is InChI=1S/C18H19N3O4/c1-24-16-8-7-14(9-19-16)20-18(23)15-11-25-12-17(22)21(15)10-13-5-3-2-4-6-13/h2-9,15H,10-12H2,1H3,(H,20,23). The number of rotatable bonds is 5. The number of hydrogen-bond acceptors (Lipinski definition) is 5. The van der Waals surface area contributed by atoms with E-state index in [0.29, 0.717) is 18.1 Å². The monoisotopic (exact) mass is 341 g/mol. The third kappa shape index (κ3) is 4.13. The van der Waals surface area contributed by atoms with Crippen molar-refractivity contribution >= 4 is 17.5 Å². The van der Waals surface area contributed by atoms with Crippen molar-refractivity contribution in [2.45, 2.75) is 12.6 Å². The smallest absolute Gasteiger partial charge is 0.249 e. The van der Waals surface area contributed by atoms with Crippen molar-refractivity contribution in [1.29, 1.82) is 0 Å². The lowest BCUT2D eigenvalue weighted by atomic mass is 10.1. The average Bonchev–Trinajstić information content (AvgIpc) is 2.65. The molecular formula is C18H19N3O4. The number of pyridine rings is 1. The van der Waals surface area contributed by atoms with E-state index in [-0.39, 0.29) is 25.0 Å². The van der Waals surface area contributed by atoms with Gasteiger partial charge in [0, 0.05) is 12.6 Å². The fourth-order valence-electron chi connectivity index (χ4n) is 2.60. The number of morpholine rings is 1. The second kappa shape index (κ2) is 7.76. The quantitative estimate of drug-likeness (QED) is 0.890. The fourth-order valence-corrected chi connectivity index (χ4v) is 2.60. The summed E-state index contributed by atoms with van der Waals surface area (Å²) in [6, 6.07) is 12.2. The molecule has 0 radical (unpaired) electrons. The molecule has 3 rings (SSSR count). The Labute approximate surface area is 145 Å². The Morgan fingerprint density at radius 2 is 2.12 bits per heavy atom. The molecule has 1 atom stereocenters. The highest BCUT2D eigenvalue weighted by molar-refractivity contribution is 5.97. The number of nitrogens with zero attached hydrogens (tertiary/aromatic N) is 2. The highest BCUT2D eigenvalue weighted by Crippen LogP contribution is 2.17. The van der Waals surface area contributed by atoms with E-state index in [1.165, 1.54) is 13.3 Å². The van der Waals surface area contributed by atoms with Crippen molar-refractivity contribution in [3.8, 4) is 5.88 Å². The van der Waals surface area contributed by atoms with Crippen LogP contribution in [0, 0.1) is 0 Å². The number of ether oxygens (including phenoxy) is 2. The number of hydrogen-bond donors (Lipinski definition) is 1. The maximum atomic E-state index is 12.6. The van der Waals surface area contributed by atoms with Crippen LogP contribution in [-0.4, -0.2) is 48.1 Å². The predicted octanol–water partition coefficient (Wildman–Crippen LogP) is 1.46. The van der Waals surface area contributed by atoms with Crippen molar-refractivity contribution in [2.24, 2.45) is 0 Å². The van der Waals surface area contributed by atoms with Gasteiger partial charge in [-0.1, -0.05) is 30.3 Å². The van der Waals surface area contributed by atoms with Crippen LogP contribution in [0.4, 0.5) is 5.69 Å². The molecule has 1 aromatic carbocycles. The Balaban J connectivity index is 1.72. The lowest BCUT2D eigenvalue weighted by Gasteiger charge is -2.34. The second-order valence-electron chi connectivity index (χ2n) is 5.62. The highest BCUT2D eigenvalue weighted by atomic mass is 16.5. The Morgan fingerprint density at radius 3 is 2.80 bits per heavy atom. The van der Waals surface area contributed by atoms with Gasteiger partial charge in [0.15, 0.2) is 0 Å². The van der Waals surface area contributed by atoms with E-state index in [9.17, 15) is 9.59 Å². The summed E-state index contributed by atoms with van der Waals surface area (Å²) in [5.41, 5.74) is 1.49. The maximum absolute atomic E-state index is 12.6. The predicted molar refractivity (Wildman–Crippen MR) is 91.0 cm³/mol. The minimum Gasteiger partial charge on any atom is -0.481 e. The molecule has 7 heteroatoms. The molecule has 1 aliphatic heterocycles. The SMILES string of the molecule is COc1ccc(NC(=O)C2COCC(=O)N2Cc2ccccc2)cn1. The molecule has 1 saturated heterocycles. The largest absolute Gasteiger partial charge is 0.481 e. The molecule has 25 heavy (non-hydrogen) atoms. The summed E-state index contributed by atoms with van der Waals surface area (Å²) < 4.78 is 10.3. The van der Waals surface area contributed by atoms with E-state index in [4.69, 9.17) is 9.47 Å². The van der Waals surface area contributed by atoms with Crippen LogP contribution in [0.5, 0.6) is 5.88 Å². The van der Waals surface area contributed by atoms with Gasteiger partial charge in [0.2, 0.25) is 17.7 Å². The van der Waals surface area contributed by atoms with E-state index >= 15 is 0 Å². The van der Waals surface area contributed by atoms with E-state index in [0.717, 1.165) is 5.56 Å². The minimum absolute atomic E-state index is 0.0132. The van der Waals surface area contributed by atoms with Crippen molar-refractivity contribution in [3.05, 3.63) is 54.2 Å². The van der Waals surface area contributed by atoms with Crippen molar-refractivity contribution in [2.75, 3.05) is 25.6 Å². The summed E-state index contributed by atoms with van der Waals surface area (Å²) in [5.74, 6) is -0.0565. The molecule has 1 unspecified atom stereocenters. The summed E-state index contributed by atoms with van der Waals surface area (Å²) in [6.07, 6.45) is 1.50. The third-order valence-electron chi connectivity index (χ3n) is 3.91. The van der Waals surface area contributed by atoms with Crippen LogP contribution in [0.1, 0.15) is 5.56 Å². The van der Waals surface area contributed by atoms with E-state index in [1.807, 2.05) is 30.3 Å². The zero-order valence-electron chi connectivity index (χ0n) is 13.8. The van der Waals surface area contributed by atoms with Gasteiger partial charge in [-0.05, 0) is 11.6 Å². The zero-order chi connectivity index (χ0) is 17.6. The highest BCUT2D eigenvalue weighted by Gasteiger charge is 2.34. The lowest BCUT2D eigenvalue weighted by Crippen LogP contribution is -2.54. The van der Waals surface area contributed by atoms with Crippen LogP contribution >= 0.6 is 0 Å². The van der Waals surface area contributed by atoms with Gasteiger partial charge in [0.25, 0.3) is 0 Å². The first kappa shape index (κ1) is 16.9. The molecular weight excluding hydrogens is 322 g/mol. The molecule has 0 aliphatic carbocycles. The van der Waals surface area contributed by atoms with Crippen molar-refractivity contribution < 1.29 is 19.1 Å². The number of benzene rings is 1. The van der Waals surface area contributed by atoms with Crippen molar-refractivity contribution in [3.63, 3.8) is 0 Å². The first-order valence-corrected chi connectivity index (χ1v) is 7.89. The molecule has 0 spiro atoms. The van der Waals surface area contributed by atoms with Gasteiger partial charge in [0.05, 0.1) is 25.6 Å². The molecule has 0 bridgehead atoms. The van der Waals surface area contributed by atoms with Gasteiger partial charge >= 0.3 is 0 Å². The Morgan fingerprint density at radius 1 is 1.32 bits per heavy atom. The molecule has 130 valence electrons. The van der Waals surface area contributed by atoms with Gasteiger partial charge < -0.3 is 19.7 Å². The number of amides is 2. The topological polar surface area (TPSA) is 80.8 Å². The Kier molecular flexibility index (Phi) is 5.25. The molecule has 0 saturated carbocycles. The molecule has 1 N–H and O–H groups in total. The van der Waals surface area contributed by atoms with Crippen LogP contribution in [0.3, 0.4) is 0 Å². The number of carbonyl (C=O) groups is 2. The molecule has 1 aromatic heterocycles. The first-order chi connectivity index (χ1) is 12.2. The van der Waals surface area contributed by atoms with Gasteiger partial charge in [0.1, 0.15) is 12.6 Å². The third-order valence-corrected chi connectivity index (χ3v) is 3.91. The maximum Gasteiger partial charge on any atom is 0.249 e. The van der Waals surface area contributed by atoms with E-state index in [1.54, 1.807) is 17.0 Å². The Bertz CT molecular complexity index is 734. The summed E-state index contributed by atoms with van der Waals surface area (Å²) in [6.45, 7) is 0.511. The summed E-state index contributed by atoms with van der Waals surface area (Å²) >= 11 is 0. The molecule has 7 nitrogen and oxygen atoms in total. The number of aromatic nitrogens is 1. The Hall–Kier alpha value is -2.93. The van der Waals surface area contributed by atoms with E-state index in [2.05, 4.69) is 10.3 Å².